The Bertz CT molecular complexity index is 1040. The standard InChI is InChI=1S/C21H24BNO8/c1-27-17-9-8-13(20(28-2)21(17)29-3)10-18(24)23-19(31-22(25)26)11-14-12-30-16-7-5-4-6-15(14)16/h4-9,12,19,25-26H,10-11H2,1-3H3,(H,23,24)/t19-/m1/s1. The van der Waals surface area contributed by atoms with Crippen molar-refractivity contribution in [3.8, 4) is 17.2 Å². The Morgan fingerprint density at radius 2 is 1.77 bits per heavy atom. The van der Waals surface area contributed by atoms with Gasteiger partial charge in [0.15, 0.2) is 11.5 Å². The Morgan fingerprint density at radius 3 is 2.45 bits per heavy atom. The highest BCUT2D eigenvalue weighted by Gasteiger charge is 2.24. The molecular weight excluding hydrogens is 405 g/mol. The van der Waals surface area contributed by atoms with Crippen LogP contribution in [0.2, 0.25) is 0 Å². The van der Waals surface area contributed by atoms with Gasteiger partial charge in [-0.25, -0.2) is 0 Å². The molecule has 1 atom stereocenters. The zero-order valence-electron chi connectivity index (χ0n) is 17.5. The molecule has 164 valence electrons. The summed E-state index contributed by atoms with van der Waals surface area (Å²) in [6.45, 7) is 0. The van der Waals surface area contributed by atoms with E-state index in [-0.39, 0.29) is 12.8 Å². The predicted octanol–water partition coefficient (Wildman–Crippen LogP) is 1.67. The Morgan fingerprint density at radius 1 is 1.03 bits per heavy atom. The highest BCUT2D eigenvalue weighted by atomic mass is 16.6. The van der Waals surface area contributed by atoms with E-state index in [0.717, 1.165) is 10.9 Å². The summed E-state index contributed by atoms with van der Waals surface area (Å²) >= 11 is 0. The molecule has 2 aromatic carbocycles. The number of furan rings is 1. The van der Waals surface area contributed by atoms with E-state index in [1.54, 1.807) is 18.4 Å². The number of para-hydroxylation sites is 1. The molecule has 31 heavy (non-hydrogen) atoms. The Labute approximate surface area is 179 Å². The van der Waals surface area contributed by atoms with Gasteiger partial charge in [0.2, 0.25) is 11.7 Å². The van der Waals surface area contributed by atoms with Crippen molar-refractivity contribution >= 4 is 24.2 Å². The number of carbonyl (C=O) groups excluding carboxylic acids is 1. The summed E-state index contributed by atoms with van der Waals surface area (Å²) in [5.74, 6) is 0.806. The van der Waals surface area contributed by atoms with E-state index in [9.17, 15) is 14.8 Å². The fourth-order valence-corrected chi connectivity index (χ4v) is 3.38. The number of nitrogens with one attached hydrogen (secondary N) is 1. The molecule has 1 heterocycles. The van der Waals surface area contributed by atoms with Gasteiger partial charge in [0, 0.05) is 22.9 Å². The van der Waals surface area contributed by atoms with Crippen molar-refractivity contribution in [1.82, 2.24) is 5.32 Å². The lowest BCUT2D eigenvalue weighted by Gasteiger charge is -2.20. The van der Waals surface area contributed by atoms with Crippen LogP contribution >= 0.6 is 0 Å². The van der Waals surface area contributed by atoms with Crippen molar-refractivity contribution in [3.05, 3.63) is 53.8 Å². The maximum absolute atomic E-state index is 12.7. The molecule has 3 rings (SSSR count). The van der Waals surface area contributed by atoms with Crippen LogP contribution in [-0.4, -0.2) is 50.8 Å². The maximum Gasteiger partial charge on any atom is 0.635 e. The summed E-state index contributed by atoms with van der Waals surface area (Å²) in [7, 11) is 2.40. The van der Waals surface area contributed by atoms with Gasteiger partial charge < -0.3 is 38.6 Å². The first-order valence-electron chi connectivity index (χ1n) is 9.50. The minimum absolute atomic E-state index is 0.0585. The van der Waals surface area contributed by atoms with E-state index in [1.165, 1.54) is 21.3 Å². The number of rotatable bonds is 10. The van der Waals surface area contributed by atoms with Crippen molar-refractivity contribution in [2.75, 3.05) is 21.3 Å². The molecule has 3 N–H and O–H groups in total. The number of methoxy groups -OCH3 is 3. The monoisotopic (exact) mass is 429 g/mol. The minimum Gasteiger partial charge on any atom is -0.493 e. The lowest BCUT2D eigenvalue weighted by Crippen LogP contribution is -2.43. The number of carbonyl (C=O) groups is 1. The first kappa shape index (κ1) is 22.5. The van der Waals surface area contributed by atoms with Crippen molar-refractivity contribution in [2.24, 2.45) is 0 Å². The third-order valence-corrected chi connectivity index (χ3v) is 4.71. The van der Waals surface area contributed by atoms with Crippen molar-refractivity contribution < 1.29 is 38.1 Å². The molecule has 10 heteroatoms. The fraction of sp³-hybridized carbons (Fsp3) is 0.286. The predicted molar refractivity (Wildman–Crippen MR) is 113 cm³/mol. The normalized spacial score (nSPS) is 11.8. The SMILES string of the molecule is COc1ccc(CC(=O)N[C@@H](Cc2coc3ccccc23)OB(O)O)c(OC)c1OC. The largest absolute Gasteiger partial charge is 0.635 e. The van der Waals surface area contributed by atoms with Gasteiger partial charge in [-0.3, -0.25) is 4.79 Å². The van der Waals surface area contributed by atoms with Gasteiger partial charge >= 0.3 is 7.32 Å². The molecule has 1 amide bonds. The smallest absolute Gasteiger partial charge is 0.493 e. The highest BCUT2D eigenvalue weighted by Crippen LogP contribution is 2.39. The van der Waals surface area contributed by atoms with E-state index < -0.39 is 19.5 Å². The highest BCUT2D eigenvalue weighted by molar-refractivity contribution is 6.32. The summed E-state index contributed by atoms with van der Waals surface area (Å²) in [4.78, 5) is 12.7. The third-order valence-electron chi connectivity index (χ3n) is 4.71. The second-order valence-electron chi connectivity index (χ2n) is 6.65. The van der Waals surface area contributed by atoms with Gasteiger partial charge in [0.1, 0.15) is 11.8 Å². The number of hydrogen-bond acceptors (Lipinski definition) is 8. The summed E-state index contributed by atoms with van der Waals surface area (Å²) < 4.78 is 26.6. The van der Waals surface area contributed by atoms with Crippen LogP contribution in [0.5, 0.6) is 17.2 Å². The minimum atomic E-state index is -2.06. The first-order valence-corrected chi connectivity index (χ1v) is 9.50. The molecule has 1 aromatic heterocycles. The van der Waals surface area contributed by atoms with Crippen LogP contribution < -0.4 is 19.5 Å². The van der Waals surface area contributed by atoms with E-state index in [2.05, 4.69) is 5.32 Å². The Kier molecular flexibility index (Phi) is 7.40. The molecule has 9 nitrogen and oxygen atoms in total. The van der Waals surface area contributed by atoms with Crippen LogP contribution in [0.3, 0.4) is 0 Å². The van der Waals surface area contributed by atoms with E-state index >= 15 is 0 Å². The molecule has 0 spiro atoms. The number of benzene rings is 2. The molecule has 0 aliphatic rings. The molecule has 0 unspecified atom stereocenters. The molecule has 0 saturated carbocycles. The lowest BCUT2D eigenvalue weighted by atomic mass is 10.1. The molecular formula is C21H24BNO8. The lowest BCUT2D eigenvalue weighted by molar-refractivity contribution is -0.123. The quantitative estimate of drug-likeness (QED) is 0.329. The van der Waals surface area contributed by atoms with Crippen molar-refractivity contribution in [1.29, 1.82) is 0 Å². The van der Waals surface area contributed by atoms with Crippen LogP contribution in [0.15, 0.2) is 47.1 Å². The zero-order valence-corrected chi connectivity index (χ0v) is 17.5. The van der Waals surface area contributed by atoms with Crippen LogP contribution in [0.1, 0.15) is 11.1 Å². The summed E-state index contributed by atoms with van der Waals surface area (Å²) in [5.41, 5.74) is 2.00. The average Bonchev–Trinajstić information content (AvgIpc) is 3.15. The molecule has 0 aliphatic carbocycles. The van der Waals surface area contributed by atoms with Gasteiger partial charge in [-0.2, -0.15) is 0 Å². The van der Waals surface area contributed by atoms with Gasteiger partial charge in [0.25, 0.3) is 0 Å². The Hall–Kier alpha value is -3.21. The summed E-state index contributed by atoms with van der Waals surface area (Å²) in [6.07, 6.45) is 0.661. The van der Waals surface area contributed by atoms with Crippen LogP contribution in [0.25, 0.3) is 11.0 Å². The topological polar surface area (TPSA) is 120 Å². The second kappa shape index (κ2) is 10.2. The third kappa shape index (κ3) is 5.29. The van der Waals surface area contributed by atoms with Crippen LogP contribution in [0.4, 0.5) is 0 Å². The Balaban J connectivity index is 1.77. The first-order chi connectivity index (χ1) is 15.0. The molecule has 0 bridgehead atoms. The van der Waals surface area contributed by atoms with E-state index in [4.69, 9.17) is 23.3 Å². The van der Waals surface area contributed by atoms with Crippen molar-refractivity contribution in [3.63, 3.8) is 0 Å². The number of fused-ring (bicyclic) bond motifs is 1. The zero-order chi connectivity index (χ0) is 22.4. The van der Waals surface area contributed by atoms with Crippen molar-refractivity contribution in [2.45, 2.75) is 19.1 Å². The van der Waals surface area contributed by atoms with Gasteiger partial charge in [-0.1, -0.05) is 24.3 Å². The summed E-state index contributed by atoms with van der Waals surface area (Å²) in [6, 6.07) is 10.8. The van der Waals surface area contributed by atoms with Crippen LogP contribution in [0, 0.1) is 0 Å². The number of ether oxygens (including phenoxy) is 3. The van der Waals surface area contributed by atoms with Crippen LogP contribution in [-0.2, 0) is 22.3 Å². The average molecular weight is 429 g/mol. The molecule has 3 aromatic rings. The second-order valence-corrected chi connectivity index (χ2v) is 6.65. The molecule has 0 saturated heterocycles. The van der Waals surface area contributed by atoms with E-state index in [1.807, 2.05) is 24.3 Å². The fourth-order valence-electron chi connectivity index (χ4n) is 3.38. The molecule has 0 aliphatic heterocycles. The maximum atomic E-state index is 12.7. The summed E-state index contributed by atoms with van der Waals surface area (Å²) in [5, 5.41) is 22.1. The number of amides is 1. The van der Waals surface area contributed by atoms with Gasteiger partial charge in [-0.15, -0.1) is 0 Å². The van der Waals surface area contributed by atoms with E-state index in [0.29, 0.717) is 28.4 Å². The van der Waals surface area contributed by atoms with Gasteiger partial charge in [0.05, 0.1) is 34.0 Å². The number of hydrogen-bond donors (Lipinski definition) is 3. The molecule has 0 radical (unpaired) electrons. The molecule has 0 fully saturated rings. The van der Waals surface area contributed by atoms with Gasteiger partial charge in [-0.05, 0) is 12.1 Å².